The van der Waals surface area contributed by atoms with E-state index in [1.54, 1.807) is 64.4 Å². The van der Waals surface area contributed by atoms with Crippen molar-refractivity contribution < 1.29 is 49.4 Å². The molecule has 9 heteroatoms. The first kappa shape index (κ1) is 37.8. The first-order valence-corrected chi connectivity index (χ1v) is 13.4. The minimum absolute atomic E-state index is 0. The van der Waals surface area contributed by atoms with Crippen LogP contribution in [0.1, 0.15) is 34.1 Å². The van der Waals surface area contributed by atoms with Crippen molar-refractivity contribution in [2.45, 2.75) is 46.3 Å². The Morgan fingerprint density at radius 2 is 1.11 bits per heavy atom. The van der Waals surface area contributed by atoms with E-state index in [1.165, 1.54) is 0 Å². The van der Waals surface area contributed by atoms with Crippen molar-refractivity contribution in [3.8, 4) is 34.0 Å². The van der Waals surface area contributed by atoms with Gasteiger partial charge >= 0.3 is 11.9 Å². The Bertz CT molecular complexity index is 1340. The Morgan fingerprint density at radius 1 is 0.727 bits per heavy atom. The monoisotopic (exact) mass is 773 g/mol. The zero-order valence-electron chi connectivity index (χ0n) is 25.1. The molecular weight excluding hydrogens is 737 g/mol. The topological polar surface area (TPSA) is 119 Å². The molecule has 0 saturated heterocycles. The van der Waals surface area contributed by atoms with Crippen LogP contribution in [0.5, 0.6) is 11.5 Å². The summed E-state index contributed by atoms with van der Waals surface area (Å²) in [6.45, 7) is 13.6. The van der Waals surface area contributed by atoms with Crippen LogP contribution >= 0.6 is 0 Å². The molecule has 233 valence electrons. The standard InChI is InChI=1S/2C15H12NO2.C5H12O2.Ir/c2*1-11(2)15(17)18-13-8-6-12(7-9-13)14-5-3-4-10-16-14;1-4(6)3-5(2)7;/h2*3-6,8-10H,1H2,2H3;4-7H,3H2,1-2H3;/q2*-1;;. The molecule has 0 aliphatic rings. The van der Waals surface area contributed by atoms with Crippen LogP contribution in [-0.4, -0.2) is 44.3 Å². The van der Waals surface area contributed by atoms with Gasteiger partial charge in [-0.15, -0.1) is 59.7 Å². The number of carbonyl (C=O) groups is 2. The molecule has 0 aliphatic heterocycles. The summed E-state index contributed by atoms with van der Waals surface area (Å²) in [6.07, 6.45) is 3.16. The van der Waals surface area contributed by atoms with Crippen LogP contribution in [0.4, 0.5) is 0 Å². The van der Waals surface area contributed by atoms with E-state index in [2.05, 4.69) is 35.3 Å². The van der Waals surface area contributed by atoms with Gasteiger partial charge in [0.25, 0.3) is 0 Å². The normalized spacial score (nSPS) is 11.0. The van der Waals surface area contributed by atoms with Crippen molar-refractivity contribution in [3.63, 3.8) is 0 Å². The summed E-state index contributed by atoms with van der Waals surface area (Å²) in [4.78, 5) is 31.1. The summed E-state index contributed by atoms with van der Waals surface area (Å²) in [5.74, 6) is 0.0216. The molecule has 0 aliphatic carbocycles. The van der Waals surface area contributed by atoms with Gasteiger partial charge in [0.05, 0.1) is 12.2 Å². The first-order chi connectivity index (χ1) is 20.5. The van der Waals surface area contributed by atoms with Crippen LogP contribution in [0.3, 0.4) is 0 Å². The Hall–Kier alpha value is -4.27. The fraction of sp³-hybridized carbons (Fsp3) is 0.200. The molecule has 4 rings (SSSR count). The van der Waals surface area contributed by atoms with Gasteiger partial charge in [0.1, 0.15) is 0 Å². The molecule has 2 aromatic carbocycles. The molecular formula is C35H36IrN2O6-2. The molecule has 0 fully saturated rings. The number of hydrogen-bond donors (Lipinski definition) is 2. The van der Waals surface area contributed by atoms with E-state index in [1.807, 2.05) is 48.5 Å². The number of pyridine rings is 2. The minimum Gasteiger partial charge on any atom is -0.471 e. The number of carbonyl (C=O) groups excluding carboxylic acids is 2. The van der Waals surface area contributed by atoms with Crippen LogP contribution < -0.4 is 9.47 Å². The number of aliphatic hydroxyl groups excluding tert-OH is 2. The fourth-order valence-corrected chi connectivity index (χ4v) is 3.19. The molecule has 8 nitrogen and oxygen atoms in total. The van der Waals surface area contributed by atoms with E-state index in [9.17, 15) is 9.59 Å². The molecule has 44 heavy (non-hydrogen) atoms. The number of rotatable bonds is 8. The van der Waals surface area contributed by atoms with Gasteiger partial charge in [0, 0.05) is 55.1 Å². The second-order valence-corrected chi connectivity index (χ2v) is 9.58. The number of aromatic nitrogens is 2. The largest absolute Gasteiger partial charge is 0.471 e. The maximum atomic E-state index is 11.3. The first-order valence-electron chi connectivity index (χ1n) is 13.4. The van der Waals surface area contributed by atoms with Gasteiger partial charge in [-0.05, 0) is 57.6 Å². The number of benzene rings is 2. The summed E-state index contributed by atoms with van der Waals surface area (Å²) in [7, 11) is 0. The van der Waals surface area contributed by atoms with E-state index in [-0.39, 0.29) is 32.3 Å². The summed E-state index contributed by atoms with van der Waals surface area (Å²) in [5.41, 5.74) is 4.09. The zero-order chi connectivity index (χ0) is 31.8. The van der Waals surface area contributed by atoms with Crippen LogP contribution in [0, 0.1) is 12.1 Å². The summed E-state index contributed by atoms with van der Waals surface area (Å²) in [6, 6.07) is 27.6. The SMILES string of the molecule is C=C(C)C(=O)Oc1c[c-]c(-c2ccccn2)cc1.C=C(C)C(=O)Oc1c[c-]c(-c2ccccn2)cc1.CC(O)CC(C)O.[Ir]. The van der Waals surface area contributed by atoms with Crippen LogP contribution in [-0.2, 0) is 29.7 Å². The van der Waals surface area contributed by atoms with Crippen molar-refractivity contribution in [2.75, 3.05) is 0 Å². The minimum atomic E-state index is -0.436. The number of nitrogens with zero attached hydrogens (tertiary/aromatic N) is 2. The van der Waals surface area contributed by atoms with Gasteiger partial charge in [0.15, 0.2) is 0 Å². The fourth-order valence-electron chi connectivity index (χ4n) is 3.19. The maximum Gasteiger partial charge on any atom is 0.329 e. The Labute approximate surface area is 272 Å². The third kappa shape index (κ3) is 14.3. The Morgan fingerprint density at radius 3 is 1.34 bits per heavy atom. The number of aliphatic hydroxyl groups is 2. The van der Waals surface area contributed by atoms with Gasteiger partial charge in [-0.2, -0.15) is 0 Å². The quantitative estimate of drug-likeness (QED) is 0.0942. The van der Waals surface area contributed by atoms with E-state index in [0.717, 1.165) is 22.5 Å². The molecule has 2 heterocycles. The number of ether oxygens (including phenoxy) is 2. The Kier molecular flexibility index (Phi) is 17.0. The van der Waals surface area contributed by atoms with Crippen LogP contribution in [0.2, 0.25) is 0 Å². The predicted molar refractivity (Wildman–Crippen MR) is 166 cm³/mol. The summed E-state index contributed by atoms with van der Waals surface area (Å²) in [5, 5.41) is 17.1. The second-order valence-electron chi connectivity index (χ2n) is 9.58. The third-order valence-electron chi connectivity index (χ3n) is 5.25. The Balaban J connectivity index is 0.000000357. The van der Waals surface area contributed by atoms with E-state index in [4.69, 9.17) is 19.7 Å². The molecule has 2 N–H and O–H groups in total. The summed E-state index contributed by atoms with van der Waals surface area (Å²) < 4.78 is 10.2. The van der Waals surface area contributed by atoms with Crippen molar-refractivity contribution in [2.24, 2.45) is 0 Å². The average molecular weight is 773 g/mol. The molecule has 0 saturated carbocycles. The molecule has 2 aromatic heterocycles. The summed E-state index contributed by atoms with van der Waals surface area (Å²) >= 11 is 0. The molecule has 0 spiro atoms. The van der Waals surface area contributed by atoms with E-state index < -0.39 is 11.9 Å². The number of hydrogen-bond acceptors (Lipinski definition) is 8. The third-order valence-corrected chi connectivity index (χ3v) is 5.25. The van der Waals surface area contributed by atoms with Crippen molar-refractivity contribution in [1.82, 2.24) is 9.97 Å². The van der Waals surface area contributed by atoms with Gasteiger partial charge < -0.3 is 29.7 Å². The van der Waals surface area contributed by atoms with Gasteiger partial charge in [-0.1, -0.05) is 37.4 Å². The van der Waals surface area contributed by atoms with Crippen LogP contribution in [0.25, 0.3) is 22.5 Å². The average Bonchev–Trinajstić information content (AvgIpc) is 2.98. The van der Waals surface area contributed by atoms with Crippen molar-refractivity contribution in [3.05, 3.63) is 122 Å². The zero-order valence-corrected chi connectivity index (χ0v) is 27.5. The van der Waals surface area contributed by atoms with Crippen LogP contribution in [0.15, 0.2) is 109 Å². The van der Waals surface area contributed by atoms with Crippen molar-refractivity contribution >= 4 is 11.9 Å². The molecule has 2 unspecified atom stereocenters. The maximum absolute atomic E-state index is 11.3. The van der Waals surface area contributed by atoms with Crippen molar-refractivity contribution in [1.29, 1.82) is 0 Å². The number of esters is 2. The van der Waals surface area contributed by atoms with Gasteiger partial charge in [-0.25, -0.2) is 9.59 Å². The molecule has 0 bridgehead atoms. The second kappa shape index (κ2) is 19.8. The smallest absolute Gasteiger partial charge is 0.329 e. The van der Waals surface area contributed by atoms with Gasteiger partial charge in [0.2, 0.25) is 0 Å². The molecule has 2 atom stereocenters. The van der Waals surface area contributed by atoms with E-state index in [0.29, 0.717) is 29.1 Å². The predicted octanol–water partition coefficient (Wildman–Crippen LogP) is 6.20. The van der Waals surface area contributed by atoms with E-state index >= 15 is 0 Å². The molecule has 4 aromatic rings. The molecule has 1 radical (unpaired) electrons. The van der Waals surface area contributed by atoms with Gasteiger partial charge in [-0.3, -0.25) is 0 Å². The molecule has 0 amide bonds.